The van der Waals surface area contributed by atoms with Gasteiger partial charge in [-0.25, -0.2) is 4.39 Å². The minimum Gasteiger partial charge on any atom is -0.369 e. The summed E-state index contributed by atoms with van der Waals surface area (Å²) in [5.74, 6) is -1.20. The van der Waals surface area contributed by atoms with Gasteiger partial charge >= 0.3 is 0 Å². The third-order valence-corrected chi connectivity index (χ3v) is 7.27. The van der Waals surface area contributed by atoms with Gasteiger partial charge < -0.3 is 15.1 Å². The summed E-state index contributed by atoms with van der Waals surface area (Å²) >= 11 is 3.38. The van der Waals surface area contributed by atoms with Crippen molar-refractivity contribution in [3.05, 3.63) is 64.0 Å². The third-order valence-electron chi connectivity index (χ3n) is 6.78. The quantitative estimate of drug-likeness (QED) is 0.470. The van der Waals surface area contributed by atoms with E-state index >= 15 is 0 Å². The third kappa shape index (κ3) is 4.54. The molecule has 5 rings (SSSR count). The van der Waals surface area contributed by atoms with E-state index in [1.165, 1.54) is 38.2 Å². The molecule has 2 aromatic rings. The van der Waals surface area contributed by atoms with Gasteiger partial charge in [0, 0.05) is 46.6 Å². The van der Waals surface area contributed by atoms with Crippen LogP contribution in [0.5, 0.6) is 0 Å². The zero-order valence-corrected chi connectivity index (χ0v) is 19.8. The highest BCUT2D eigenvalue weighted by Crippen LogP contribution is 2.30. The van der Waals surface area contributed by atoms with E-state index in [0.717, 1.165) is 30.4 Å². The molecule has 33 heavy (non-hydrogen) atoms. The largest absolute Gasteiger partial charge is 0.369 e. The molecule has 0 unspecified atom stereocenters. The average Bonchev–Trinajstić information content (AvgIpc) is 3.34. The van der Waals surface area contributed by atoms with Crippen molar-refractivity contribution in [1.82, 2.24) is 10.2 Å². The Balaban J connectivity index is 1.29. The number of likely N-dealkylation sites (tertiary alicyclic amines) is 1. The molecule has 0 aromatic heterocycles. The maximum absolute atomic E-state index is 15.0. The fraction of sp³-hybridized carbons (Fsp3) is 0.360. The summed E-state index contributed by atoms with van der Waals surface area (Å²) < 4.78 is 15.7. The molecule has 0 spiro atoms. The maximum Gasteiger partial charge on any atom is 0.260 e. The standard InChI is InChI=1S/C25H26BrFN4O2/c26-16-3-5-19-20(13-16)21(25(33)29-24(19)32)15-28-17-4-6-23(22(27)14-17)31-11-7-18(8-12-31)30-9-1-2-10-30/h3-6,13-15,18,28H,1-2,7-12H2,(H,29,32,33)/b21-15-. The first kappa shape index (κ1) is 22.1. The number of nitrogens with one attached hydrogen (secondary N) is 2. The van der Waals surface area contributed by atoms with Gasteiger partial charge in [-0.2, -0.15) is 0 Å². The van der Waals surface area contributed by atoms with E-state index in [2.05, 4.69) is 36.4 Å². The molecule has 3 aliphatic rings. The smallest absolute Gasteiger partial charge is 0.260 e. The summed E-state index contributed by atoms with van der Waals surface area (Å²) in [4.78, 5) is 29.2. The van der Waals surface area contributed by atoms with Crippen LogP contribution in [0.15, 0.2) is 47.1 Å². The van der Waals surface area contributed by atoms with Crippen molar-refractivity contribution in [1.29, 1.82) is 0 Å². The number of fused-ring (bicyclic) bond motifs is 1. The molecular weight excluding hydrogens is 487 g/mol. The number of nitrogens with zero attached hydrogens (tertiary/aromatic N) is 2. The lowest BCUT2D eigenvalue weighted by atomic mass is 9.95. The number of hydrogen-bond acceptors (Lipinski definition) is 5. The van der Waals surface area contributed by atoms with Crippen molar-refractivity contribution in [3.63, 3.8) is 0 Å². The van der Waals surface area contributed by atoms with Crippen molar-refractivity contribution in [2.45, 2.75) is 31.7 Å². The van der Waals surface area contributed by atoms with Crippen LogP contribution < -0.4 is 15.5 Å². The fourth-order valence-electron chi connectivity index (χ4n) is 5.03. The van der Waals surface area contributed by atoms with Crippen molar-refractivity contribution >= 4 is 44.7 Å². The van der Waals surface area contributed by atoms with E-state index < -0.39 is 11.8 Å². The first-order chi connectivity index (χ1) is 16.0. The van der Waals surface area contributed by atoms with Gasteiger partial charge in [0.05, 0.1) is 11.3 Å². The zero-order chi connectivity index (χ0) is 22.9. The van der Waals surface area contributed by atoms with Gasteiger partial charge in [-0.05, 0) is 75.2 Å². The average molecular weight is 513 g/mol. The maximum atomic E-state index is 15.0. The highest BCUT2D eigenvalue weighted by Gasteiger charge is 2.28. The summed E-state index contributed by atoms with van der Waals surface area (Å²) in [6, 6.07) is 10.8. The molecule has 0 saturated carbocycles. The number of carbonyl (C=O) groups is 2. The molecule has 0 radical (unpaired) electrons. The van der Waals surface area contributed by atoms with Crippen LogP contribution in [0.1, 0.15) is 41.6 Å². The van der Waals surface area contributed by atoms with Crippen LogP contribution in [0.2, 0.25) is 0 Å². The molecular formula is C25H26BrFN4O2. The second-order valence-corrected chi connectivity index (χ2v) is 9.72. The van der Waals surface area contributed by atoms with Crippen LogP contribution in [0.25, 0.3) is 5.57 Å². The second-order valence-electron chi connectivity index (χ2n) is 8.80. The Morgan fingerprint density at radius 3 is 2.45 bits per heavy atom. The molecule has 2 saturated heterocycles. The molecule has 0 aliphatic carbocycles. The van der Waals surface area contributed by atoms with Crippen LogP contribution in [-0.4, -0.2) is 48.9 Å². The summed E-state index contributed by atoms with van der Waals surface area (Å²) in [5.41, 5.74) is 2.42. The van der Waals surface area contributed by atoms with Crippen molar-refractivity contribution < 1.29 is 14.0 Å². The Bertz CT molecular complexity index is 1120. The number of amides is 2. The van der Waals surface area contributed by atoms with E-state index in [1.54, 1.807) is 24.3 Å². The van der Waals surface area contributed by atoms with Gasteiger partial charge in [0.15, 0.2) is 0 Å². The SMILES string of the molecule is O=C1NC(=O)c2ccc(Br)cc2/C1=C/Nc1ccc(N2CCC(N3CCCC3)CC2)c(F)c1. The van der Waals surface area contributed by atoms with Gasteiger partial charge in [-0.3, -0.25) is 14.9 Å². The molecule has 3 heterocycles. The normalized spacial score (nSPS) is 20.8. The molecule has 2 aromatic carbocycles. The Labute approximate surface area is 201 Å². The Hall–Kier alpha value is -2.71. The second kappa shape index (κ2) is 9.27. The van der Waals surface area contributed by atoms with Gasteiger partial charge in [-0.1, -0.05) is 15.9 Å². The summed E-state index contributed by atoms with van der Waals surface area (Å²) in [7, 11) is 0. The molecule has 8 heteroatoms. The lowest BCUT2D eigenvalue weighted by molar-refractivity contribution is -0.114. The molecule has 0 bridgehead atoms. The monoisotopic (exact) mass is 512 g/mol. The molecule has 2 fully saturated rings. The Morgan fingerprint density at radius 1 is 0.970 bits per heavy atom. The summed E-state index contributed by atoms with van der Waals surface area (Å²) in [5, 5.41) is 5.36. The van der Waals surface area contributed by atoms with Crippen molar-refractivity contribution in [2.75, 3.05) is 36.4 Å². The van der Waals surface area contributed by atoms with Gasteiger partial charge in [0.2, 0.25) is 0 Å². The highest BCUT2D eigenvalue weighted by molar-refractivity contribution is 9.10. The van der Waals surface area contributed by atoms with Crippen molar-refractivity contribution in [2.24, 2.45) is 0 Å². The number of rotatable bonds is 4. The highest BCUT2D eigenvalue weighted by atomic mass is 79.9. The van der Waals surface area contributed by atoms with E-state index in [-0.39, 0.29) is 5.82 Å². The Morgan fingerprint density at radius 2 is 1.73 bits per heavy atom. The number of carbonyl (C=O) groups excluding carboxylic acids is 2. The predicted molar refractivity (Wildman–Crippen MR) is 131 cm³/mol. The summed E-state index contributed by atoms with van der Waals surface area (Å²) in [6.45, 7) is 4.11. The molecule has 3 aliphatic heterocycles. The first-order valence-electron chi connectivity index (χ1n) is 11.4. The zero-order valence-electron chi connectivity index (χ0n) is 18.2. The number of anilines is 2. The minimum absolute atomic E-state index is 0.288. The lowest BCUT2D eigenvalue weighted by Gasteiger charge is -2.38. The van der Waals surface area contributed by atoms with E-state index in [0.29, 0.717) is 34.1 Å². The van der Waals surface area contributed by atoms with Gasteiger partial charge in [-0.15, -0.1) is 0 Å². The Kier molecular flexibility index (Phi) is 6.21. The van der Waals surface area contributed by atoms with Crippen LogP contribution in [0.3, 0.4) is 0 Å². The van der Waals surface area contributed by atoms with E-state index in [4.69, 9.17) is 0 Å². The number of benzene rings is 2. The first-order valence-corrected chi connectivity index (χ1v) is 12.2. The van der Waals surface area contributed by atoms with Crippen LogP contribution in [0.4, 0.5) is 15.8 Å². The van der Waals surface area contributed by atoms with Crippen LogP contribution in [0, 0.1) is 5.82 Å². The van der Waals surface area contributed by atoms with Crippen molar-refractivity contribution in [3.8, 4) is 0 Å². The fourth-order valence-corrected chi connectivity index (χ4v) is 5.39. The van der Waals surface area contributed by atoms with E-state index in [9.17, 15) is 14.0 Å². The number of halogens is 2. The van der Waals surface area contributed by atoms with Crippen LogP contribution >= 0.6 is 15.9 Å². The summed E-state index contributed by atoms with van der Waals surface area (Å²) in [6.07, 6.45) is 6.23. The number of piperidine rings is 1. The molecule has 6 nitrogen and oxygen atoms in total. The molecule has 172 valence electrons. The van der Waals surface area contributed by atoms with E-state index in [1.807, 2.05) is 6.07 Å². The minimum atomic E-state index is -0.490. The predicted octanol–water partition coefficient (Wildman–Crippen LogP) is 4.38. The lowest BCUT2D eigenvalue weighted by Crippen LogP contribution is -2.44. The van der Waals surface area contributed by atoms with Crippen LogP contribution in [-0.2, 0) is 4.79 Å². The number of imide groups is 1. The topological polar surface area (TPSA) is 64.7 Å². The number of hydrogen-bond donors (Lipinski definition) is 2. The molecule has 2 amide bonds. The molecule has 2 N–H and O–H groups in total. The molecule has 0 atom stereocenters. The van der Waals surface area contributed by atoms with Gasteiger partial charge in [0.25, 0.3) is 11.8 Å². The van der Waals surface area contributed by atoms with Gasteiger partial charge in [0.1, 0.15) is 5.82 Å².